The van der Waals surface area contributed by atoms with Crippen LogP contribution in [-0.4, -0.2) is 13.2 Å². The van der Waals surface area contributed by atoms with Crippen molar-refractivity contribution in [1.82, 2.24) is 0 Å². The van der Waals surface area contributed by atoms with Crippen molar-refractivity contribution in [2.24, 2.45) is 11.8 Å². The summed E-state index contributed by atoms with van der Waals surface area (Å²) in [5.74, 6) is 1.34. The summed E-state index contributed by atoms with van der Waals surface area (Å²) in [7, 11) is 0. The van der Waals surface area contributed by atoms with Crippen molar-refractivity contribution in [2.45, 2.75) is 40.5 Å². The minimum Gasteiger partial charge on any atom is -0.377 e. The van der Waals surface area contributed by atoms with Crippen LogP contribution in [-0.2, 0) is 4.74 Å². The highest BCUT2D eigenvalue weighted by Crippen LogP contribution is 2.27. The minimum absolute atomic E-state index is 0.649. The molecule has 0 aromatic carbocycles. The molecule has 1 rings (SSSR count). The van der Waals surface area contributed by atoms with Crippen LogP contribution in [0.25, 0.3) is 0 Å². The van der Waals surface area contributed by atoms with Gasteiger partial charge in [-0.1, -0.05) is 33.3 Å². The van der Waals surface area contributed by atoms with E-state index in [2.05, 4.69) is 27.7 Å². The van der Waals surface area contributed by atoms with Gasteiger partial charge in [-0.05, 0) is 30.3 Å². The molecule has 0 radical (unpaired) electrons. The molecule has 0 aromatic heterocycles. The fourth-order valence-electron chi connectivity index (χ4n) is 2.00. The lowest BCUT2D eigenvalue weighted by Gasteiger charge is -2.18. The summed E-state index contributed by atoms with van der Waals surface area (Å²) in [5.41, 5.74) is 3.19. The van der Waals surface area contributed by atoms with Crippen molar-refractivity contribution in [3.63, 3.8) is 0 Å². The number of hydrogen-bond acceptors (Lipinski definition) is 1. The van der Waals surface area contributed by atoms with Gasteiger partial charge in [0.2, 0.25) is 0 Å². The highest BCUT2D eigenvalue weighted by atomic mass is 16.5. The second kappa shape index (κ2) is 4.80. The third kappa shape index (κ3) is 2.84. The molecular formula is C12H22O. The van der Waals surface area contributed by atoms with E-state index in [0.717, 1.165) is 13.2 Å². The summed E-state index contributed by atoms with van der Waals surface area (Å²) in [5, 5.41) is 0. The predicted molar refractivity (Wildman–Crippen MR) is 56.8 cm³/mol. The van der Waals surface area contributed by atoms with Crippen LogP contribution in [0.15, 0.2) is 11.1 Å². The third-order valence-corrected chi connectivity index (χ3v) is 2.80. The molecular weight excluding hydrogens is 160 g/mol. The number of allylic oxidation sites excluding steroid dienone is 1. The zero-order chi connectivity index (χ0) is 9.84. The van der Waals surface area contributed by atoms with Gasteiger partial charge in [0.1, 0.15) is 0 Å². The standard InChI is InChI=1S/C12H22O/c1-9(2)11-6-5-7-13-8-12(11)10(3)4/h9-10H,5-8H2,1-4H3. The Hall–Kier alpha value is -0.300. The maximum atomic E-state index is 5.59. The van der Waals surface area contributed by atoms with Gasteiger partial charge in [-0.25, -0.2) is 0 Å². The van der Waals surface area contributed by atoms with Crippen molar-refractivity contribution in [1.29, 1.82) is 0 Å². The third-order valence-electron chi connectivity index (χ3n) is 2.80. The molecule has 0 fully saturated rings. The lowest BCUT2D eigenvalue weighted by Crippen LogP contribution is -2.07. The summed E-state index contributed by atoms with van der Waals surface area (Å²) in [6.07, 6.45) is 2.44. The molecule has 0 amide bonds. The Bertz CT molecular complexity index is 169. The maximum Gasteiger partial charge on any atom is 0.0681 e. The first-order valence-electron chi connectivity index (χ1n) is 5.42. The number of hydrogen-bond donors (Lipinski definition) is 0. The molecule has 1 nitrogen and oxygen atoms in total. The van der Waals surface area contributed by atoms with Crippen molar-refractivity contribution < 1.29 is 4.74 Å². The van der Waals surface area contributed by atoms with E-state index in [9.17, 15) is 0 Å². The summed E-state index contributed by atoms with van der Waals surface area (Å²) in [4.78, 5) is 0. The summed E-state index contributed by atoms with van der Waals surface area (Å²) in [6, 6.07) is 0. The molecule has 0 aromatic rings. The lowest BCUT2D eigenvalue weighted by atomic mass is 9.89. The Morgan fingerprint density at radius 3 is 2.15 bits per heavy atom. The van der Waals surface area contributed by atoms with Crippen molar-refractivity contribution in [3.05, 3.63) is 11.1 Å². The summed E-state index contributed by atoms with van der Waals surface area (Å²) < 4.78 is 5.59. The van der Waals surface area contributed by atoms with Crippen LogP contribution in [0, 0.1) is 11.8 Å². The molecule has 0 spiro atoms. The van der Waals surface area contributed by atoms with Gasteiger partial charge in [0.15, 0.2) is 0 Å². The van der Waals surface area contributed by atoms with E-state index in [1.54, 1.807) is 11.1 Å². The molecule has 1 aliphatic heterocycles. The molecule has 1 heterocycles. The Morgan fingerprint density at radius 2 is 1.62 bits per heavy atom. The van der Waals surface area contributed by atoms with Gasteiger partial charge in [-0.3, -0.25) is 0 Å². The average Bonchev–Trinajstić information content (AvgIpc) is 2.27. The molecule has 0 saturated heterocycles. The molecule has 0 N–H and O–H groups in total. The zero-order valence-corrected chi connectivity index (χ0v) is 9.39. The van der Waals surface area contributed by atoms with Gasteiger partial charge < -0.3 is 4.74 Å². The minimum atomic E-state index is 0.649. The molecule has 76 valence electrons. The van der Waals surface area contributed by atoms with Crippen LogP contribution in [0.4, 0.5) is 0 Å². The van der Waals surface area contributed by atoms with Crippen LogP contribution in [0.1, 0.15) is 40.5 Å². The SMILES string of the molecule is CC(C)C1=C(C(C)C)COCCC1. The lowest BCUT2D eigenvalue weighted by molar-refractivity contribution is 0.155. The predicted octanol–water partition coefficient (Wildman–Crippen LogP) is 3.41. The topological polar surface area (TPSA) is 9.23 Å². The van der Waals surface area contributed by atoms with Crippen LogP contribution < -0.4 is 0 Å². The van der Waals surface area contributed by atoms with E-state index in [1.807, 2.05) is 0 Å². The van der Waals surface area contributed by atoms with Crippen LogP contribution in [0.5, 0.6) is 0 Å². The smallest absolute Gasteiger partial charge is 0.0681 e. The largest absolute Gasteiger partial charge is 0.377 e. The van der Waals surface area contributed by atoms with Gasteiger partial charge in [0.05, 0.1) is 6.61 Å². The van der Waals surface area contributed by atoms with E-state index in [4.69, 9.17) is 4.74 Å². The van der Waals surface area contributed by atoms with Gasteiger partial charge in [-0.2, -0.15) is 0 Å². The Morgan fingerprint density at radius 1 is 1.00 bits per heavy atom. The number of ether oxygens (including phenoxy) is 1. The van der Waals surface area contributed by atoms with Crippen LogP contribution in [0.2, 0.25) is 0 Å². The average molecular weight is 182 g/mol. The number of rotatable bonds is 2. The molecule has 0 unspecified atom stereocenters. The Kier molecular flexibility index (Phi) is 3.98. The highest BCUT2D eigenvalue weighted by molar-refractivity contribution is 5.19. The fourth-order valence-corrected chi connectivity index (χ4v) is 2.00. The Balaban J connectivity index is 2.85. The quantitative estimate of drug-likeness (QED) is 0.595. The molecule has 1 heteroatoms. The Labute approximate surface area is 82.2 Å². The molecule has 0 bridgehead atoms. The van der Waals surface area contributed by atoms with E-state index < -0.39 is 0 Å². The van der Waals surface area contributed by atoms with E-state index in [-0.39, 0.29) is 0 Å². The highest BCUT2D eigenvalue weighted by Gasteiger charge is 2.16. The van der Waals surface area contributed by atoms with E-state index >= 15 is 0 Å². The van der Waals surface area contributed by atoms with Gasteiger partial charge in [0, 0.05) is 6.61 Å². The molecule has 13 heavy (non-hydrogen) atoms. The van der Waals surface area contributed by atoms with E-state index in [0.29, 0.717) is 11.8 Å². The van der Waals surface area contributed by atoms with Gasteiger partial charge >= 0.3 is 0 Å². The molecule has 0 atom stereocenters. The van der Waals surface area contributed by atoms with E-state index in [1.165, 1.54) is 12.8 Å². The molecule has 1 aliphatic rings. The zero-order valence-electron chi connectivity index (χ0n) is 9.39. The van der Waals surface area contributed by atoms with Crippen molar-refractivity contribution in [2.75, 3.05) is 13.2 Å². The van der Waals surface area contributed by atoms with Gasteiger partial charge in [0.25, 0.3) is 0 Å². The fraction of sp³-hybridized carbons (Fsp3) is 0.833. The maximum absolute atomic E-state index is 5.59. The first-order chi connectivity index (χ1) is 6.13. The monoisotopic (exact) mass is 182 g/mol. The van der Waals surface area contributed by atoms with Gasteiger partial charge in [-0.15, -0.1) is 0 Å². The van der Waals surface area contributed by atoms with Crippen molar-refractivity contribution in [3.8, 4) is 0 Å². The first-order valence-corrected chi connectivity index (χ1v) is 5.42. The second-order valence-electron chi connectivity index (χ2n) is 4.52. The normalized spacial score (nSPS) is 19.8. The molecule has 0 aliphatic carbocycles. The van der Waals surface area contributed by atoms with Crippen LogP contribution in [0.3, 0.4) is 0 Å². The summed E-state index contributed by atoms with van der Waals surface area (Å²) in [6.45, 7) is 10.9. The second-order valence-corrected chi connectivity index (χ2v) is 4.52. The molecule has 0 saturated carbocycles. The van der Waals surface area contributed by atoms with Crippen LogP contribution >= 0.6 is 0 Å². The van der Waals surface area contributed by atoms with Crippen molar-refractivity contribution >= 4 is 0 Å². The first kappa shape index (κ1) is 10.8. The summed E-state index contributed by atoms with van der Waals surface area (Å²) >= 11 is 0.